The van der Waals surface area contributed by atoms with Crippen LogP contribution in [0.15, 0.2) is 11.6 Å². The van der Waals surface area contributed by atoms with Gasteiger partial charge in [-0.1, -0.05) is 0 Å². The quantitative estimate of drug-likeness (QED) is 0.791. The first-order valence-electron chi connectivity index (χ1n) is 4.72. The largest absolute Gasteiger partial charge is 0.465 e. The van der Waals surface area contributed by atoms with E-state index >= 15 is 0 Å². The Hall–Kier alpha value is -1.14. The van der Waals surface area contributed by atoms with Gasteiger partial charge in [0, 0.05) is 24.0 Å². The van der Waals surface area contributed by atoms with E-state index in [1.807, 2.05) is 5.38 Å². The molecule has 0 aromatic carbocycles. The fourth-order valence-corrected chi connectivity index (χ4v) is 2.69. The summed E-state index contributed by atoms with van der Waals surface area (Å²) in [6.45, 7) is 0.322. The average Bonchev–Trinajstić information content (AvgIpc) is 2.86. The highest BCUT2D eigenvalue weighted by Crippen LogP contribution is 2.32. The molecule has 0 aliphatic carbocycles. The fraction of sp³-hybridized carbons (Fsp3) is 0.556. The number of nitrogens with zero attached hydrogens (tertiary/aromatic N) is 2. The topological polar surface area (TPSA) is 73.7 Å². The summed E-state index contributed by atoms with van der Waals surface area (Å²) >= 11 is 1.53. The van der Waals surface area contributed by atoms with Crippen LogP contribution >= 0.6 is 11.3 Å². The summed E-state index contributed by atoms with van der Waals surface area (Å²) < 4.78 is 0. The molecule has 0 radical (unpaired) electrons. The monoisotopic (exact) mass is 228 g/mol. The van der Waals surface area contributed by atoms with Crippen LogP contribution < -0.4 is 0 Å². The molecular formula is C9H12N2O3S. The lowest BCUT2D eigenvalue weighted by Crippen LogP contribution is -2.36. The van der Waals surface area contributed by atoms with Crippen LogP contribution in [-0.4, -0.2) is 45.4 Å². The van der Waals surface area contributed by atoms with Crippen molar-refractivity contribution >= 4 is 17.4 Å². The number of aliphatic hydroxyl groups excluding tert-OH is 1. The molecule has 1 amide bonds. The number of carbonyl (C=O) groups is 1. The third-order valence-corrected chi connectivity index (χ3v) is 3.61. The zero-order chi connectivity index (χ0) is 10.8. The van der Waals surface area contributed by atoms with Gasteiger partial charge in [0.1, 0.15) is 0 Å². The fourth-order valence-electron chi connectivity index (χ4n) is 1.94. The molecule has 1 aromatic rings. The van der Waals surface area contributed by atoms with E-state index in [-0.39, 0.29) is 18.6 Å². The van der Waals surface area contributed by atoms with Gasteiger partial charge >= 0.3 is 6.09 Å². The summed E-state index contributed by atoms with van der Waals surface area (Å²) in [6.07, 6.45) is 1.42. The van der Waals surface area contributed by atoms with Gasteiger partial charge in [0.15, 0.2) is 0 Å². The molecule has 82 valence electrons. The predicted octanol–water partition coefficient (Wildman–Crippen LogP) is 0.971. The second-order valence-corrected chi connectivity index (χ2v) is 4.50. The molecule has 2 rings (SSSR count). The van der Waals surface area contributed by atoms with Crippen molar-refractivity contribution in [3.05, 3.63) is 16.6 Å². The Morgan fingerprint density at radius 2 is 2.53 bits per heavy atom. The average molecular weight is 228 g/mol. The maximum atomic E-state index is 10.9. The second-order valence-electron chi connectivity index (χ2n) is 3.57. The van der Waals surface area contributed by atoms with Crippen molar-refractivity contribution in [1.82, 2.24) is 9.88 Å². The highest BCUT2D eigenvalue weighted by atomic mass is 32.1. The molecule has 0 spiro atoms. The molecule has 5 nitrogen and oxygen atoms in total. The molecule has 6 heteroatoms. The predicted molar refractivity (Wildman–Crippen MR) is 55.1 cm³/mol. The number of hydrogen-bond donors (Lipinski definition) is 2. The lowest BCUT2D eigenvalue weighted by molar-refractivity contribution is 0.118. The van der Waals surface area contributed by atoms with Gasteiger partial charge in [0.2, 0.25) is 0 Å². The number of aliphatic hydroxyl groups is 1. The first-order chi connectivity index (χ1) is 7.22. The molecule has 2 N–H and O–H groups in total. The summed E-state index contributed by atoms with van der Waals surface area (Å²) in [5.41, 5.74) is 0. The molecule has 1 aliphatic heterocycles. The van der Waals surface area contributed by atoms with Crippen LogP contribution in [-0.2, 0) is 0 Å². The standard InChI is InChI=1S/C9H12N2O3S/c12-5-7-3-6(4-11(7)9(13)14)8-10-1-2-15-8/h1-2,6-7,12H,3-5H2,(H,13,14)/t6-,7+/m1/s1. The minimum absolute atomic E-state index is 0.117. The summed E-state index contributed by atoms with van der Waals surface area (Å²) in [6, 6.07) is -0.281. The van der Waals surface area contributed by atoms with Crippen LogP contribution in [0.25, 0.3) is 0 Å². The van der Waals surface area contributed by atoms with E-state index in [0.29, 0.717) is 13.0 Å². The summed E-state index contributed by atoms with van der Waals surface area (Å²) in [4.78, 5) is 16.4. The normalized spacial score (nSPS) is 25.8. The molecular weight excluding hydrogens is 216 g/mol. The highest BCUT2D eigenvalue weighted by molar-refractivity contribution is 7.09. The maximum absolute atomic E-state index is 10.9. The number of thiazole rings is 1. The smallest absolute Gasteiger partial charge is 0.407 e. The minimum Gasteiger partial charge on any atom is -0.465 e. The van der Waals surface area contributed by atoms with Crippen molar-refractivity contribution < 1.29 is 15.0 Å². The summed E-state index contributed by atoms with van der Waals surface area (Å²) in [7, 11) is 0. The number of likely N-dealkylation sites (tertiary alicyclic amines) is 1. The Morgan fingerprint density at radius 1 is 1.73 bits per heavy atom. The zero-order valence-corrected chi connectivity index (χ0v) is 8.85. The molecule has 1 saturated heterocycles. The van der Waals surface area contributed by atoms with Gasteiger partial charge in [-0.3, -0.25) is 0 Å². The van der Waals surface area contributed by atoms with Gasteiger partial charge in [-0.15, -0.1) is 11.3 Å². The van der Waals surface area contributed by atoms with E-state index < -0.39 is 6.09 Å². The Kier molecular flexibility index (Phi) is 2.88. The van der Waals surface area contributed by atoms with E-state index in [4.69, 9.17) is 10.2 Å². The molecule has 0 unspecified atom stereocenters. The van der Waals surface area contributed by atoms with Gasteiger partial charge in [-0.25, -0.2) is 9.78 Å². The second kappa shape index (κ2) is 4.16. The van der Waals surface area contributed by atoms with Gasteiger partial charge in [0.05, 0.1) is 17.7 Å². The molecule has 2 heterocycles. The van der Waals surface area contributed by atoms with Gasteiger partial charge in [-0.05, 0) is 6.42 Å². The van der Waals surface area contributed by atoms with Crippen LogP contribution in [0.5, 0.6) is 0 Å². The SMILES string of the molecule is O=C(O)N1C[C@H](c2nccs2)C[C@H]1CO. The van der Waals surface area contributed by atoms with Crippen molar-refractivity contribution in [1.29, 1.82) is 0 Å². The van der Waals surface area contributed by atoms with E-state index in [2.05, 4.69) is 4.98 Å². The molecule has 1 fully saturated rings. The number of carboxylic acid groups (broad SMARTS) is 1. The molecule has 1 aliphatic rings. The van der Waals surface area contributed by atoms with Crippen LogP contribution in [0.2, 0.25) is 0 Å². The summed E-state index contributed by atoms with van der Waals surface area (Å²) in [5.74, 6) is 0.137. The van der Waals surface area contributed by atoms with E-state index in [0.717, 1.165) is 5.01 Å². The first kappa shape index (κ1) is 10.4. The van der Waals surface area contributed by atoms with Crippen LogP contribution in [0.3, 0.4) is 0 Å². The lowest BCUT2D eigenvalue weighted by atomic mass is 10.1. The van der Waals surface area contributed by atoms with Gasteiger partial charge < -0.3 is 15.1 Å². The van der Waals surface area contributed by atoms with Crippen LogP contribution in [0.1, 0.15) is 17.3 Å². The number of rotatable bonds is 2. The number of aromatic nitrogens is 1. The molecule has 2 atom stereocenters. The first-order valence-corrected chi connectivity index (χ1v) is 5.60. The molecule has 1 aromatic heterocycles. The Labute approximate surface area is 91.0 Å². The van der Waals surface area contributed by atoms with Crippen molar-refractivity contribution in [3.63, 3.8) is 0 Å². The highest BCUT2D eigenvalue weighted by Gasteiger charge is 2.36. The van der Waals surface area contributed by atoms with Gasteiger partial charge in [-0.2, -0.15) is 0 Å². The lowest BCUT2D eigenvalue weighted by Gasteiger charge is -2.18. The zero-order valence-electron chi connectivity index (χ0n) is 8.04. The van der Waals surface area contributed by atoms with Crippen molar-refractivity contribution in [2.75, 3.05) is 13.2 Å². The molecule has 0 bridgehead atoms. The van der Waals surface area contributed by atoms with Crippen molar-refractivity contribution in [2.45, 2.75) is 18.4 Å². The summed E-state index contributed by atoms with van der Waals surface area (Å²) in [5, 5.41) is 20.8. The number of hydrogen-bond acceptors (Lipinski definition) is 4. The third-order valence-electron chi connectivity index (χ3n) is 2.67. The molecule has 15 heavy (non-hydrogen) atoms. The van der Waals surface area contributed by atoms with Crippen molar-refractivity contribution in [2.24, 2.45) is 0 Å². The van der Waals surface area contributed by atoms with E-state index in [1.54, 1.807) is 6.20 Å². The Bertz CT molecular complexity index is 341. The van der Waals surface area contributed by atoms with E-state index in [1.165, 1.54) is 16.2 Å². The third kappa shape index (κ3) is 1.95. The minimum atomic E-state index is -0.965. The van der Waals surface area contributed by atoms with E-state index in [9.17, 15) is 4.79 Å². The Balaban J connectivity index is 2.11. The molecule has 0 saturated carbocycles. The van der Waals surface area contributed by atoms with Crippen molar-refractivity contribution in [3.8, 4) is 0 Å². The number of amides is 1. The van der Waals surface area contributed by atoms with Crippen LogP contribution in [0.4, 0.5) is 4.79 Å². The van der Waals surface area contributed by atoms with Crippen LogP contribution in [0, 0.1) is 0 Å². The Morgan fingerprint density at radius 3 is 3.00 bits per heavy atom. The maximum Gasteiger partial charge on any atom is 0.407 e. The van der Waals surface area contributed by atoms with Gasteiger partial charge in [0.25, 0.3) is 0 Å².